The highest BCUT2D eigenvalue weighted by molar-refractivity contribution is 6.13. The lowest BCUT2D eigenvalue weighted by Gasteiger charge is -2.25. The van der Waals surface area contributed by atoms with Gasteiger partial charge in [0.15, 0.2) is 11.5 Å². The maximum absolute atomic E-state index is 13.2. The first-order chi connectivity index (χ1) is 20.2. The normalized spacial score (nSPS) is 12.0. The molecule has 3 aromatic rings. The summed E-state index contributed by atoms with van der Waals surface area (Å²) in [7, 11) is 0. The summed E-state index contributed by atoms with van der Waals surface area (Å²) >= 11 is 5.12. The molecule has 0 unspecified atom stereocenters. The highest BCUT2D eigenvalue weighted by Crippen LogP contribution is 2.32. The van der Waals surface area contributed by atoms with E-state index < -0.39 is 47.1 Å². The average Bonchev–Trinajstić information content (AvgIpc) is 2.98. The zero-order valence-corrected chi connectivity index (χ0v) is 24.6. The van der Waals surface area contributed by atoms with Gasteiger partial charge in [-0.2, -0.15) is 0 Å². The molecule has 2 N–H and O–H groups in total. The van der Waals surface area contributed by atoms with E-state index in [2.05, 4.69) is 4.29 Å². The van der Waals surface area contributed by atoms with Gasteiger partial charge in [-0.15, -0.1) is 0 Å². The Labute approximate surface area is 252 Å². The van der Waals surface area contributed by atoms with E-state index in [1.807, 2.05) is 0 Å². The van der Waals surface area contributed by atoms with Crippen molar-refractivity contribution in [2.75, 3.05) is 0 Å². The number of nitrogens with two attached hydrogens (primary N) is 1. The van der Waals surface area contributed by atoms with Gasteiger partial charge in [-0.25, -0.2) is 24.0 Å². The largest absolute Gasteiger partial charge is 0.444 e. The number of esters is 4. The van der Waals surface area contributed by atoms with Crippen LogP contribution < -0.4 is 15.2 Å². The second-order valence-corrected chi connectivity index (χ2v) is 10.5. The lowest BCUT2D eigenvalue weighted by atomic mass is 10.1. The molecule has 12 heteroatoms. The Hall–Kier alpha value is -4.74. The van der Waals surface area contributed by atoms with Gasteiger partial charge in [0.2, 0.25) is 11.2 Å². The Morgan fingerprint density at radius 1 is 0.698 bits per heavy atom. The van der Waals surface area contributed by atoms with Crippen molar-refractivity contribution < 1.29 is 47.2 Å². The van der Waals surface area contributed by atoms with Crippen LogP contribution in [-0.4, -0.2) is 47.1 Å². The van der Waals surface area contributed by atoms with Crippen LogP contribution in [0.5, 0.6) is 11.5 Å². The average molecular weight is 612 g/mol. The van der Waals surface area contributed by atoms with Crippen LogP contribution in [0.4, 0.5) is 0 Å². The number of carbonyl (C=O) groups is 5. The van der Waals surface area contributed by atoms with Crippen molar-refractivity contribution >= 4 is 41.7 Å². The summed E-state index contributed by atoms with van der Waals surface area (Å²) in [6, 6.07) is 19.0. The quantitative estimate of drug-likeness (QED) is 0.243. The minimum absolute atomic E-state index is 0.0864. The smallest absolute Gasteiger partial charge is 0.355 e. The minimum atomic E-state index is -1.78. The van der Waals surface area contributed by atoms with E-state index in [0.29, 0.717) is 5.56 Å². The Morgan fingerprint density at radius 3 is 1.58 bits per heavy atom. The summed E-state index contributed by atoms with van der Waals surface area (Å²) in [4.78, 5) is 63.2. The lowest BCUT2D eigenvalue weighted by molar-refractivity contribution is -0.155. The lowest BCUT2D eigenvalue weighted by Crippen LogP contribution is -2.41. The first-order valence-electron chi connectivity index (χ1n) is 13.0. The molecule has 0 amide bonds. The van der Waals surface area contributed by atoms with Gasteiger partial charge in [-0.1, -0.05) is 42.5 Å². The van der Waals surface area contributed by atoms with Crippen LogP contribution >= 0.6 is 11.9 Å². The monoisotopic (exact) mass is 611 g/mol. The van der Waals surface area contributed by atoms with Crippen LogP contribution in [0, 0.1) is 0 Å². The van der Waals surface area contributed by atoms with Crippen molar-refractivity contribution in [3.05, 3.63) is 95.6 Å². The van der Waals surface area contributed by atoms with Gasteiger partial charge in [0.25, 0.3) is 0 Å². The molecule has 0 fully saturated rings. The second-order valence-electron chi connectivity index (χ2n) is 10.3. The van der Waals surface area contributed by atoms with Crippen molar-refractivity contribution in [1.29, 1.82) is 0 Å². The number of hydrogen-bond acceptors (Lipinski definition) is 11. The number of carbonyl (C=O) groups excluding carboxylic acids is 5. The van der Waals surface area contributed by atoms with Gasteiger partial charge in [0.1, 0.15) is 17.9 Å². The first kappa shape index (κ1) is 32.8. The number of benzene rings is 3. The third-order valence-electron chi connectivity index (χ3n) is 5.95. The molecule has 0 saturated carbocycles. The van der Waals surface area contributed by atoms with E-state index in [4.69, 9.17) is 36.5 Å². The Kier molecular flexibility index (Phi) is 10.6. The molecule has 43 heavy (non-hydrogen) atoms. The van der Waals surface area contributed by atoms with Crippen molar-refractivity contribution in [3.63, 3.8) is 0 Å². The van der Waals surface area contributed by atoms with Crippen LogP contribution in [0.2, 0.25) is 0 Å². The molecular formula is C31H30ClNO10. The third kappa shape index (κ3) is 8.87. The number of halogens is 1. The molecule has 3 aromatic carbocycles. The molecular weight excluding hydrogens is 582 g/mol. The van der Waals surface area contributed by atoms with E-state index in [1.54, 1.807) is 36.4 Å². The third-order valence-corrected chi connectivity index (χ3v) is 6.10. The molecule has 226 valence electrons. The Balaban J connectivity index is 1.85. The summed E-state index contributed by atoms with van der Waals surface area (Å²) in [5, 5.41) is 0. The molecule has 0 spiro atoms. The fourth-order valence-electron chi connectivity index (χ4n) is 3.50. The van der Waals surface area contributed by atoms with Gasteiger partial charge in [0, 0.05) is 0 Å². The van der Waals surface area contributed by atoms with E-state index in [-0.39, 0.29) is 29.0 Å². The maximum Gasteiger partial charge on any atom is 0.355 e. The number of rotatable bonds is 11. The number of ether oxygens (including phenoxy) is 4. The number of hydrogen-bond donors (Lipinski definition) is 1. The molecule has 0 aliphatic rings. The SMILES string of the molecule is CC(C)(OC(=O)c1ccccc1)C(=O)Oc1ccc(C[C@H](N)C(=O)OCl)cc1OC(=O)C(C)(C)OC(=O)c1ccccc1. The molecule has 11 nitrogen and oxygen atoms in total. The minimum Gasteiger partial charge on any atom is -0.444 e. The van der Waals surface area contributed by atoms with Crippen molar-refractivity contribution in [1.82, 2.24) is 0 Å². The van der Waals surface area contributed by atoms with Gasteiger partial charge >= 0.3 is 29.8 Å². The summed E-state index contributed by atoms with van der Waals surface area (Å²) < 4.78 is 25.9. The van der Waals surface area contributed by atoms with Crippen LogP contribution in [0.3, 0.4) is 0 Å². The molecule has 0 aliphatic heterocycles. The maximum atomic E-state index is 13.2. The van der Waals surface area contributed by atoms with E-state index in [0.717, 1.165) is 0 Å². The Morgan fingerprint density at radius 2 is 1.14 bits per heavy atom. The Bertz CT molecular complexity index is 1490. The van der Waals surface area contributed by atoms with Crippen LogP contribution in [-0.2, 0) is 34.6 Å². The van der Waals surface area contributed by atoms with Gasteiger partial charge < -0.3 is 29.0 Å². The standard InChI is InChI=1S/C31H30ClNO10/c1-30(2,41-25(34)20-11-7-5-8-12-20)28(37)39-23-16-15-19(17-22(33)27(36)43-32)18-24(23)40-29(38)31(3,4)42-26(35)21-13-9-6-10-14-21/h5-16,18,22H,17,33H2,1-4H3/t22-/m0/s1. The predicted octanol–water partition coefficient (Wildman–Crippen LogP) is 4.34. The highest BCUT2D eigenvalue weighted by atomic mass is 35.5. The molecule has 0 saturated heterocycles. The fraction of sp³-hybridized carbons (Fsp3) is 0.258. The zero-order valence-electron chi connectivity index (χ0n) is 23.8. The summed E-state index contributed by atoms with van der Waals surface area (Å²) in [6.45, 7) is 5.31. The molecule has 1 atom stereocenters. The topological polar surface area (TPSA) is 158 Å². The molecule has 0 aliphatic carbocycles. The van der Waals surface area contributed by atoms with Crippen LogP contribution in [0.15, 0.2) is 78.9 Å². The summed E-state index contributed by atoms with van der Waals surface area (Å²) in [5.41, 5.74) is 3.08. The van der Waals surface area contributed by atoms with Crippen molar-refractivity contribution in [3.8, 4) is 11.5 Å². The van der Waals surface area contributed by atoms with Gasteiger partial charge in [-0.05, 0) is 76.1 Å². The molecule has 0 radical (unpaired) electrons. The molecule has 0 aromatic heterocycles. The van der Waals surface area contributed by atoms with Crippen molar-refractivity contribution in [2.24, 2.45) is 5.73 Å². The predicted molar refractivity (Wildman–Crippen MR) is 153 cm³/mol. The first-order valence-corrected chi connectivity index (χ1v) is 13.3. The summed E-state index contributed by atoms with van der Waals surface area (Å²) in [5.74, 6) is -4.92. The second kappa shape index (κ2) is 14.0. The zero-order chi connectivity index (χ0) is 31.8. The molecule has 0 heterocycles. The molecule has 0 bridgehead atoms. The van der Waals surface area contributed by atoms with Crippen LogP contribution in [0.1, 0.15) is 54.0 Å². The van der Waals surface area contributed by atoms with Crippen LogP contribution in [0.25, 0.3) is 0 Å². The van der Waals surface area contributed by atoms with Gasteiger partial charge in [-0.3, -0.25) is 0 Å². The molecule has 3 rings (SSSR count). The van der Waals surface area contributed by atoms with E-state index in [9.17, 15) is 24.0 Å². The highest BCUT2D eigenvalue weighted by Gasteiger charge is 2.38. The van der Waals surface area contributed by atoms with E-state index in [1.165, 1.54) is 70.2 Å². The fourth-order valence-corrected chi connectivity index (χ4v) is 3.61. The summed E-state index contributed by atoms with van der Waals surface area (Å²) in [6.07, 6.45) is -0.0864. The van der Waals surface area contributed by atoms with E-state index >= 15 is 0 Å². The van der Waals surface area contributed by atoms with Gasteiger partial charge in [0.05, 0.1) is 11.1 Å². The van der Waals surface area contributed by atoms with Crippen molar-refractivity contribution in [2.45, 2.75) is 51.4 Å².